The van der Waals surface area contributed by atoms with Crippen molar-refractivity contribution in [2.45, 2.75) is 0 Å². The van der Waals surface area contributed by atoms with Gasteiger partial charge in [0.1, 0.15) is 6.54 Å². The predicted octanol–water partition coefficient (Wildman–Crippen LogP) is 1.56. The van der Waals surface area contributed by atoms with E-state index in [2.05, 4.69) is 11.6 Å². The molecule has 0 aliphatic rings. The van der Waals surface area contributed by atoms with Gasteiger partial charge in [-0.05, 0) is 17.7 Å². The smallest absolute Gasteiger partial charge is 0.243 e. The standard InChI is InChI=1S/C7H8ClNO/c1-2-3-4-5-9-6-7(8)10/h2-5H,1,6H2/b4-3-,9-5?. The van der Waals surface area contributed by atoms with Gasteiger partial charge in [-0.15, -0.1) is 0 Å². The number of carbonyl (C=O) groups is 1. The molecule has 0 radical (unpaired) electrons. The minimum absolute atomic E-state index is 0.0308. The zero-order valence-electron chi connectivity index (χ0n) is 5.46. The maximum absolute atomic E-state index is 10.1. The van der Waals surface area contributed by atoms with Gasteiger partial charge in [0.15, 0.2) is 0 Å². The van der Waals surface area contributed by atoms with Crippen LogP contribution < -0.4 is 0 Å². The lowest BCUT2D eigenvalue weighted by atomic mass is 10.5. The average molecular weight is 158 g/mol. The lowest BCUT2D eigenvalue weighted by Crippen LogP contribution is -1.89. The third-order valence-electron chi connectivity index (χ3n) is 0.654. The van der Waals surface area contributed by atoms with Crippen molar-refractivity contribution in [2.24, 2.45) is 4.99 Å². The Labute approximate surface area is 64.9 Å². The Hall–Kier alpha value is -0.890. The van der Waals surface area contributed by atoms with Crippen molar-refractivity contribution in [2.75, 3.05) is 6.54 Å². The van der Waals surface area contributed by atoms with Crippen LogP contribution in [0.3, 0.4) is 0 Å². The monoisotopic (exact) mass is 157 g/mol. The minimum Gasteiger partial charge on any atom is -0.284 e. The van der Waals surface area contributed by atoms with Crippen LogP contribution in [0.2, 0.25) is 0 Å². The molecule has 0 aromatic heterocycles. The molecule has 54 valence electrons. The van der Waals surface area contributed by atoms with Crippen LogP contribution in [0.25, 0.3) is 0 Å². The van der Waals surface area contributed by atoms with E-state index in [4.69, 9.17) is 11.6 Å². The lowest BCUT2D eigenvalue weighted by molar-refractivity contribution is -0.110. The summed E-state index contributed by atoms with van der Waals surface area (Å²) in [5, 5.41) is -0.455. The molecular weight excluding hydrogens is 150 g/mol. The molecule has 0 fully saturated rings. The van der Waals surface area contributed by atoms with E-state index < -0.39 is 5.24 Å². The second kappa shape index (κ2) is 6.23. The fraction of sp³-hybridized carbons (Fsp3) is 0.143. The summed E-state index contributed by atoms with van der Waals surface area (Å²) >= 11 is 4.99. The number of aliphatic imine (C=N–C) groups is 1. The number of carbonyl (C=O) groups excluding carboxylic acids is 1. The molecule has 0 saturated carbocycles. The molecule has 10 heavy (non-hydrogen) atoms. The molecule has 0 rings (SSSR count). The van der Waals surface area contributed by atoms with Crippen LogP contribution in [0.4, 0.5) is 0 Å². The van der Waals surface area contributed by atoms with Crippen LogP contribution in [-0.4, -0.2) is 18.0 Å². The van der Waals surface area contributed by atoms with Crippen molar-refractivity contribution < 1.29 is 4.79 Å². The normalized spacial score (nSPS) is 10.9. The van der Waals surface area contributed by atoms with Crippen LogP contribution >= 0.6 is 11.6 Å². The van der Waals surface area contributed by atoms with Gasteiger partial charge in [-0.2, -0.15) is 0 Å². The Kier molecular flexibility index (Phi) is 5.68. The number of halogens is 1. The highest BCUT2D eigenvalue weighted by molar-refractivity contribution is 6.64. The first-order valence-corrected chi connectivity index (χ1v) is 3.11. The maximum atomic E-state index is 10.1. The van der Waals surface area contributed by atoms with Crippen LogP contribution in [-0.2, 0) is 4.79 Å². The van der Waals surface area contributed by atoms with Crippen LogP contribution in [0.15, 0.2) is 29.8 Å². The van der Waals surface area contributed by atoms with Gasteiger partial charge in [-0.3, -0.25) is 9.79 Å². The highest BCUT2D eigenvalue weighted by Gasteiger charge is 1.86. The molecule has 0 aromatic rings. The van der Waals surface area contributed by atoms with Crippen LogP contribution in [0.1, 0.15) is 0 Å². The Bertz CT molecular complexity index is 172. The van der Waals surface area contributed by atoms with E-state index in [0.29, 0.717) is 0 Å². The van der Waals surface area contributed by atoms with E-state index in [1.54, 1.807) is 18.2 Å². The Morgan fingerprint density at radius 2 is 2.30 bits per heavy atom. The summed E-state index contributed by atoms with van der Waals surface area (Å²) in [4.78, 5) is 13.8. The molecule has 0 unspecified atom stereocenters. The lowest BCUT2D eigenvalue weighted by Gasteiger charge is -1.78. The largest absolute Gasteiger partial charge is 0.284 e. The number of nitrogens with zero attached hydrogens (tertiary/aromatic N) is 1. The highest BCUT2D eigenvalue weighted by Crippen LogP contribution is 1.79. The van der Waals surface area contributed by atoms with Crippen molar-refractivity contribution >= 4 is 23.1 Å². The van der Waals surface area contributed by atoms with Crippen molar-refractivity contribution in [1.29, 1.82) is 0 Å². The first kappa shape index (κ1) is 9.11. The SMILES string of the molecule is C=C/C=C\C=NCC(=O)Cl. The zero-order valence-corrected chi connectivity index (χ0v) is 6.21. The summed E-state index contributed by atoms with van der Waals surface area (Å²) in [6, 6.07) is 0. The van der Waals surface area contributed by atoms with Crippen molar-refractivity contribution in [1.82, 2.24) is 0 Å². The second-order valence-electron chi connectivity index (χ2n) is 1.47. The summed E-state index contributed by atoms with van der Waals surface area (Å²) < 4.78 is 0. The molecule has 3 heteroatoms. The summed E-state index contributed by atoms with van der Waals surface area (Å²) in [7, 11) is 0. The van der Waals surface area contributed by atoms with E-state index in [0.717, 1.165) is 0 Å². The van der Waals surface area contributed by atoms with Crippen molar-refractivity contribution in [3.8, 4) is 0 Å². The van der Waals surface area contributed by atoms with Gasteiger partial charge in [0.25, 0.3) is 0 Å². The van der Waals surface area contributed by atoms with E-state index in [1.165, 1.54) is 6.21 Å². The highest BCUT2D eigenvalue weighted by atomic mass is 35.5. The first-order chi connectivity index (χ1) is 4.77. The van der Waals surface area contributed by atoms with Gasteiger partial charge in [-0.25, -0.2) is 0 Å². The molecule has 0 atom stereocenters. The fourth-order valence-corrected chi connectivity index (χ4v) is 0.383. The second-order valence-corrected chi connectivity index (χ2v) is 1.89. The molecule has 0 amide bonds. The van der Waals surface area contributed by atoms with E-state index in [1.807, 2.05) is 0 Å². The topological polar surface area (TPSA) is 29.4 Å². The van der Waals surface area contributed by atoms with Gasteiger partial charge >= 0.3 is 0 Å². The minimum atomic E-state index is -0.455. The van der Waals surface area contributed by atoms with E-state index in [9.17, 15) is 4.79 Å². The van der Waals surface area contributed by atoms with Crippen LogP contribution in [0, 0.1) is 0 Å². The summed E-state index contributed by atoms with van der Waals surface area (Å²) in [6.45, 7) is 3.48. The average Bonchev–Trinajstić information content (AvgIpc) is 1.87. The molecule has 2 nitrogen and oxygen atoms in total. The van der Waals surface area contributed by atoms with Crippen molar-refractivity contribution in [3.05, 3.63) is 24.8 Å². The van der Waals surface area contributed by atoms with Gasteiger partial charge in [0, 0.05) is 6.21 Å². The van der Waals surface area contributed by atoms with E-state index in [-0.39, 0.29) is 6.54 Å². The zero-order chi connectivity index (χ0) is 7.82. The van der Waals surface area contributed by atoms with Crippen molar-refractivity contribution in [3.63, 3.8) is 0 Å². The summed E-state index contributed by atoms with van der Waals surface area (Å²) in [5.41, 5.74) is 0. The Balaban J connectivity index is 3.46. The predicted molar refractivity (Wildman–Crippen MR) is 43.6 cm³/mol. The number of allylic oxidation sites excluding steroid dienone is 3. The Morgan fingerprint density at radius 1 is 1.60 bits per heavy atom. The third-order valence-corrected chi connectivity index (χ3v) is 0.774. The molecule has 0 N–H and O–H groups in total. The third kappa shape index (κ3) is 7.11. The fourth-order valence-electron chi connectivity index (χ4n) is 0.314. The van der Waals surface area contributed by atoms with E-state index >= 15 is 0 Å². The quantitative estimate of drug-likeness (QED) is 0.346. The molecule has 0 aromatic carbocycles. The molecule has 0 aliphatic carbocycles. The maximum Gasteiger partial charge on any atom is 0.243 e. The molecule has 0 spiro atoms. The number of hydrogen-bond acceptors (Lipinski definition) is 2. The molecule has 0 saturated heterocycles. The molecule has 0 heterocycles. The molecule has 0 bridgehead atoms. The number of hydrogen-bond donors (Lipinski definition) is 0. The number of rotatable bonds is 4. The van der Waals surface area contributed by atoms with Gasteiger partial charge in [0.2, 0.25) is 5.24 Å². The van der Waals surface area contributed by atoms with Crippen LogP contribution in [0.5, 0.6) is 0 Å². The first-order valence-electron chi connectivity index (χ1n) is 2.73. The summed E-state index contributed by atoms with van der Waals surface area (Å²) in [5.74, 6) is 0. The van der Waals surface area contributed by atoms with Gasteiger partial charge in [0.05, 0.1) is 0 Å². The van der Waals surface area contributed by atoms with Gasteiger partial charge < -0.3 is 0 Å². The molecule has 0 aliphatic heterocycles. The van der Waals surface area contributed by atoms with Gasteiger partial charge in [-0.1, -0.05) is 18.7 Å². The summed E-state index contributed by atoms with van der Waals surface area (Å²) in [6.07, 6.45) is 6.51. The Morgan fingerprint density at radius 3 is 2.80 bits per heavy atom. The molecular formula is C7H8ClNO.